The Morgan fingerprint density at radius 2 is 2.05 bits per heavy atom. The van der Waals surface area contributed by atoms with E-state index in [0.29, 0.717) is 18.3 Å². The van der Waals surface area contributed by atoms with Crippen LogP contribution in [-0.4, -0.2) is 23.1 Å². The number of halogens is 2. The number of benzene rings is 1. The molecule has 0 unspecified atom stereocenters. The molecule has 0 amide bonds. The second-order valence-corrected chi connectivity index (χ2v) is 5.31. The molecule has 0 radical (unpaired) electrons. The summed E-state index contributed by atoms with van der Waals surface area (Å²) in [5.74, 6) is 1.59. The maximum absolute atomic E-state index is 5.97. The van der Waals surface area contributed by atoms with Crippen LogP contribution in [0.2, 0.25) is 10.2 Å². The average molecular weight is 326 g/mol. The van der Waals surface area contributed by atoms with Gasteiger partial charge in [-0.3, -0.25) is 0 Å². The predicted octanol–water partition coefficient (Wildman–Crippen LogP) is 4.15. The summed E-state index contributed by atoms with van der Waals surface area (Å²) in [5.41, 5.74) is 1.93. The highest BCUT2D eigenvalue weighted by molar-refractivity contribution is 6.30. The lowest BCUT2D eigenvalue weighted by atomic mass is 10.1. The van der Waals surface area contributed by atoms with Crippen molar-refractivity contribution in [1.29, 1.82) is 0 Å². The lowest BCUT2D eigenvalue weighted by Crippen LogP contribution is -2.14. The first-order valence-electron chi connectivity index (χ1n) is 6.74. The van der Waals surface area contributed by atoms with Crippen molar-refractivity contribution < 1.29 is 4.74 Å². The maximum atomic E-state index is 5.97. The Labute approximate surface area is 134 Å². The Bertz CT molecular complexity index is 620. The summed E-state index contributed by atoms with van der Waals surface area (Å²) in [6, 6.07) is 5.66. The zero-order valence-electron chi connectivity index (χ0n) is 12.0. The van der Waals surface area contributed by atoms with Crippen molar-refractivity contribution in [2.45, 2.75) is 20.3 Å². The number of anilines is 1. The average Bonchev–Trinajstić information content (AvgIpc) is 2.48. The molecule has 1 heterocycles. The Morgan fingerprint density at radius 3 is 2.81 bits per heavy atom. The number of nitrogens with one attached hydrogen (secondary N) is 1. The smallest absolute Gasteiger partial charge is 0.137 e. The number of hydrogen-bond acceptors (Lipinski definition) is 4. The number of rotatable bonds is 6. The van der Waals surface area contributed by atoms with Crippen molar-refractivity contribution in [3.8, 4) is 5.75 Å². The zero-order valence-corrected chi connectivity index (χ0v) is 13.5. The van der Waals surface area contributed by atoms with E-state index in [4.69, 9.17) is 27.9 Å². The van der Waals surface area contributed by atoms with E-state index in [0.717, 1.165) is 34.1 Å². The van der Waals surface area contributed by atoms with E-state index in [2.05, 4.69) is 22.2 Å². The zero-order chi connectivity index (χ0) is 15.2. The monoisotopic (exact) mass is 325 g/mol. The second kappa shape index (κ2) is 7.48. The molecule has 0 atom stereocenters. The van der Waals surface area contributed by atoms with Gasteiger partial charge in [0.25, 0.3) is 0 Å². The largest absolute Gasteiger partial charge is 0.491 e. The number of aromatic nitrogens is 2. The van der Waals surface area contributed by atoms with Crippen LogP contribution >= 0.6 is 23.2 Å². The highest BCUT2D eigenvalue weighted by Crippen LogP contribution is 2.23. The molecule has 0 saturated heterocycles. The van der Waals surface area contributed by atoms with E-state index >= 15 is 0 Å². The molecule has 2 rings (SSSR count). The van der Waals surface area contributed by atoms with Crippen molar-refractivity contribution in [3.63, 3.8) is 0 Å². The quantitative estimate of drug-likeness (QED) is 0.640. The molecule has 2 aromatic rings. The normalized spacial score (nSPS) is 10.5. The first kappa shape index (κ1) is 15.9. The molecule has 1 aromatic heterocycles. The summed E-state index contributed by atoms with van der Waals surface area (Å²) in [6.07, 6.45) is 2.32. The van der Waals surface area contributed by atoms with Crippen LogP contribution in [-0.2, 0) is 6.42 Å². The van der Waals surface area contributed by atoms with Crippen LogP contribution in [0, 0.1) is 6.92 Å². The van der Waals surface area contributed by atoms with Crippen molar-refractivity contribution in [1.82, 2.24) is 9.97 Å². The first-order chi connectivity index (χ1) is 10.1. The standard InChI is InChI=1S/C15H17Cl2N3O/c1-3-11-8-12(16)4-5-13(11)21-7-6-18-15-10(2)14(17)19-9-20-15/h4-5,8-9H,3,6-7H2,1-2H3,(H,18,19,20). The minimum absolute atomic E-state index is 0.458. The van der Waals surface area contributed by atoms with Gasteiger partial charge in [-0.05, 0) is 37.1 Å². The summed E-state index contributed by atoms with van der Waals surface area (Å²) in [6.45, 7) is 5.10. The van der Waals surface area contributed by atoms with Crippen molar-refractivity contribution >= 4 is 29.0 Å². The molecule has 4 nitrogen and oxygen atoms in total. The Hall–Kier alpha value is -1.52. The van der Waals surface area contributed by atoms with E-state index in [1.165, 1.54) is 6.33 Å². The molecule has 21 heavy (non-hydrogen) atoms. The fourth-order valence-corrected chi connectivity index (χ4v) is 2.23. The fraction of sp³-hybridized carbons (Fsp3) is 0.333. The topological polar surface area (TPSA) is 47.0 Å². The minimum atomic E-state index is 0.458. The summed E-state index contributed by atoms with van der Waals surface area (Å²) in [4.78, 5) is 8.07. The van der Waals surface area contributed by atoms with Crippen LogP contribution in [0.25, 0.3) is 0 Å². The van der Waals surface area contributed by atoms with E-state index < -0.39 is 0 Å². The van der Waals surface area contributed by atoms with Crippen LogP contribution in [0.3, 0.4) is 0 Å². The number of aryl methyl sites for hydroxylation is 1. The van der Waals surface area contributed by atoms with Gasteiger partial charge in [0.05, 0.1) is 6.54 Å². The number of ether oxygens (including phenoxy) is 1. The third-order valence-electron chi connectivity index (χ3n) is 3.08. The van der Waals surface area contributed by atoms with E-state index in [9.17, 15) is 0 Å². The van der Waals surface area contributed by atoms with Crippen LogP contribution in [0.4, 0.5) is 5.82 Å². The van der Waals surface area contributed by atoms with Gasteiger partial charge in [-0.25, -0.2) is 9.97 Å². The van der Waals surface area contributed by atoms with Gasteiger partial charge in [0.15, 0.2) is 0 Å². The van der Waals surface area contributed by atoms with Gasteiger partial charge in [0, 0.05) is 10.6 Å². The molecule has 1 aromatic carbocycles. The summed E-state index contributed by atoms with van der Waals surface area (Å²) in [7, 11) is 0. The molecule has 0 saturated carbocycles. The molecular weight excluding hydrogens is 309 g/mol. The minimum Gasteiger partial charge on any atom is -0.491 e. The highest BCUT2D eigenvalue weighted by Gasteiger charge is 2.05. The van der Waals surface area contributed by atoms with Gasteiger partial charge in [0.2, 0.25) is 0 Å². The van der Waals surface area contributed by atoms with Gasteiger partial charge < -0.3 is 10.1 Å². The van der Waals surface area contributed by atoms with Gasteiger partial charge in [-0.15, -0.1) is 0 Å². The van der Waals surface area contributed by atoms with E-state index in [1.54, 1.807) is 0 Å². The SMILES string of the molecule is CCc1cc(Cl)ccc1OCCNc1ncnc(Cl)c1C. The van der Waals surface area contributed by atoms with Crippen LogP contribution in [0.5, 0.6) is 5.75 Å². The lowest BCUT2D eigenvalue weighted by Gasteiger charge is -2.12. The molecule has 0 aliphatic heterocycles. The molecule has 0 bridgehead atoms. The molecular formula is C15H17Cl2N3O. The van der Waals surface area contributed by atoms with E-state index in [-0.39, 0.29) is 0 Å². The molecule has 0 aliphatic rings. The summed E-state index contributed by atoms with van der Waals surface area (Å²) in [5, 5.41) is 4.37. The second-order valence-electron chi connectivity index (χ2n) is 4.52. The number of nitrogens with zero attached hydrogens (tertiary/aromatic N) is 2. The molecule has 6 heteroatoms. The molecule has 0 fully saturated rings. The van der Waals surface area contributed by atoms with E-state index in [1.807, 2.05) is 25.1 Å². The molecule has 112 valence electrons. The van der Waals surface area contributed by atoms with Gasteiger partial charge >= 0.3 is 0 Å². The van der Waals surface area contributed by atoms with Gasteiger partial charge in [-0.2, -0.15) is 0 Å². The Kier molecular flexibility index (Phi) is 5.65. The molecule has 1 N–H and O–H groups in total. The predicted molar refractivity (Wildman–Crippen MR) is 86.6 cm³/mol. The van der Waals surface area contributed by atoms with Gasteiger partial charge in [0.1, 0.15) is 29.7 Å². The van der Waals surface area contributed by atoms with Crippen molar-refractivity contribution in [3.05, 3.63) is 45.8 Å². The number of hydrogen-bond donors (Lipinski definition) is 1. The molecule has 0 spiro atoms. The van der Waals surface area contributed by atoms with Gasteiger partial charge in [-0.1, -0.05) is 30.1 Å². The van der Waals surface area contributed by atoms with Crippen LogP contribution in [0.1, 0.15) is 18.1 Å². The fourth-order valence-electron chi connectivity index (χ4n) is 1.90. The Balaban J connectivity index is 1.89. The third-order valence-corrected chi connectivity index (χ3v) is 3.69. The Morgan fingerprint density at radius 1 is 1.24 bits per heavy atom. The third kappa shape index (κ3) is 4.22. The molecule has 0 aliphatic carbocycles. The maximum Gasteiger partial charge on any atom is 0.137 e. The van der Waals surface area contributed by atoms with Crippen LogP contribution in [0.15, 0.2) is 24.5 Å². The van der Waals surface area contributed by atoms with Crippen molar-refractivity contribution in [2.24, 2.45) is 0 Å². The van der Waals surface area contributed by atoms with Crippen molar-refractivity contribution in [2.75, 3.05) is 18.5 Å². The summed E-state index contributed by atoms with van der Waals surface area (Å²) >= 11 is 11.9. The van der Waals surface area contributed by atoms with Crippen LogP contribution < -0.4 is 10.1 Å². The highest BCUT2D eigenvalue weighted by atomic mass is 35.5. The lowest BCUT2D eigenvalue weighted by molar-refractivity contribution is 0.329. The first-order valence-corrected chi connectivity index (χ1v) is 7.49. The summed E-state index contributed by atoms with van der Waals surface area (Å²) < 4.78 is 5.78.